The van der Waals surface area contributed by atoms with Crippen LogP contribution in [0.25, 0.3) is 5.69 Å². The lowest BCUT2D eigenvalue weighted by Gasteiger charge is -2.23. The third kappa shape index (κ3) is 3.08. The molecule has 0 unspecified atom stereocenters. The van der Waals surface area contributed by atoms with E-state index in [-0.39, 0.29) is 17.5 Å². The van der Waals surface area contributed by atoms with Gasteiger partial charge in [-0.2, -0.15) is 5.10 Å². The minimum atomic E-state index is -0.526. The smallest absolute Gasteiger partial charge is 0.254 e. The third-order valence-corrected chi connectivity index (χ3v) is 4.82. The highest BCUT2D eigenvalue weighted by Crippen LogP contribution is 2.26. The molecular formula is C20H19N5O2. The molecule has 2 N–H and O–H groups in total. The summed E-state index contributed by atoms with van der Waals surface area (Å²) in [6.07, 6.45) is 6.02. The number of nitrogens with zero attached hydrogens (tertiary/aromatic N) is 4. The molecule has 7 nitrogen and oxygen atoms in total. The van der Waals surface area contributed by atoms with Gasteiger partial charge in [-0.25, -0.2) is 4.68 Å². The fraction of sp³-hybridized carbons (Fsp3) is 0.200. The predicted octanol–water partition coefficient (Wildman–Crippen LogP) is 2.34. The Morgan fingerprint density at radius 3 is 2.56 bits per heavy atom. The van der Waals surface area contributed by atoms with E-state index in [1.165, 1.54) is 10.9 Å². The molecule has 0 aliphatic carbocycles. The van der Waals surface area contributed by atoms with Crippen molar-refractivity contribution in [1.29, 1.82) is 0 Å². The lowest BCUT2D eigenvalue weighted by Crippen LogP contribution is -2.40. The second-order valence-corrected chi connectivity index (χ2v) is 6.45. The van der Waals surface area contributed by atoms with E-state index in [4.69, 9.17) is 5.73 Å². The summed E-state index contributed by atoms with van der Waals surface area (Å²) in [5, 5.41) is 4.27. The van der Waals surface area contributed by atoms with Crippen LogP contribution in [0.4, 0.5) is 5.82 Å². The third-order valence-electron chi connectivity index (χ3n) is 4.82. The molecule has 3 aromatic rings. The molecule has 3 heterocycles. The van der Waals surface area contributed by atoms with Crippen molar-refractivity contribution in [2.24, 2.45) is 0 Å². The highest BCUT2D eigenvalue weighted by molar-refractivity contribution is 6.07. The summed E-state index contributed by atoms with van der Waals surface area (Å²) < 4.78 is 1.54. The van der Waals surface area contributed by atoms with Crippen molar-refractivity contribution < 1.29 is 9.59 Å². The molecule has 0 bridgehead atoms. The molecule has 27 heavy (non-hydrogen) atoms. The monoisotopic (exact) mass is 361 g/mol. The van der Waals surface area contributed by atoms with E-state index in [1.807, 2.05) is 30.3 Å². The van der Waals surface area contributed by atoms with Gasteiger partial charge in [0, 0.05) is 24.5 Å². The Bertz CT molecular complexity index is 969. The van der Waals surface area contributed by atoms with Gasteiger partial charge >= 0.3 is 0 Å². The maximum Gasteiger partial charge on any atom is 0.254 e. The quantitative estimate of drug-likeness (QED) is 0.720. The molecule has 1 saturated heterocycles. The van der Waals surface area contributed by atoms with Gasteiger partial charge in [0.25, 0.3) is 5.91 Å². The first kappa shape index (κ1) is 17.0. The molecule has 2 aromatic heterocycles. The van der Waals surface area contributed by atoms with Crippen LogP contribution >= 0.6 is 0 Å². The molecule has 1 aromatic carbocycles. The van der Waals surface area contributed by atoms with E-state index < -0.39 is 6.04 Å². The number of hydrogen-bond acceptors (Lipinski definition) is 5. The summed E-state index contributed by atoms with van der Waals surface area (Å²) >= 11 is 0. The number of nitrogens with two attached hydrogens (primary N) is 1. The molecule has 1 amide bonds. The number of para-hydroxylation sites is 1. The zero-order chi connectivity index (χ0) is 18.8. The highest BCUT2D eigenvalue weighted by Gasteiger charge is 2.36. The standard InChI is InChI=1S/C20H19N5O2/c21-19-16(13-23-25(19)15-5-2-1-3-6-15)18(26)17-7-4-12-24(17)20(27)14-8-10-22-11-9-14/h1-3,5-6,8-11,13,17H,4,7,12,21H2/t17-/m1/s1. The number of amides is 1. The Labute approximate surface area is 156 Å². The maximum absolute atomic E-state index is 13.1. The van der Waals surface area contributed by atoms with E-state index in [1.54, 1.807) is 29.4 Å². The van der Waals surface area contributed by atoms with E-state index in [0.717, 1.165) is 12.1 Å². The van der Waals surface area contributed by atoms with Gasteiger partial charge in [0.2, 0.25) is 0 Å². The Hall–Kier alpha value is -3.48. The van der Waals surface area contributed by atoms with Crippen molar-refractivity contribution in [3.8, 4) is 5.69 Å². The van der Waals surface area contributed by atoms with Crippen molar-refractivity contribution in [2.45, 2.75) is 18.9 Å². The largest absolute Gasteiger partial charge is 0.383 e. The fourth-order valence-corrected chi connectivity index (χ4v) is 3.44. The van der Waals surface area contributed by atoms with Crippen LogP contribution in [0.1, 0.15) is 33.6 Å². The van der Waals surface area contributed by atoms with Crippen LogP contribution in [-0.4, -0.2) is 43.9 Å². The Kier molecular flexibility index (Phi) is 4.42. The van der Waals surface area contributed by atoms with Crippen molar-refractivity contribution in [2.75, 3.05) is 12.3 Å². The minimum absolute atomic E-state index is 0.165. The number of carbonyl (C=O) groups excluding carboxylic acids is 2. The first-order valence-electron chi connectivity index (χ1n) is 8.81. The number of aromatic nitrogens is 3. The number of likely N-dealkylation sites (tertiary alicyclic amines) is 1. The van der Waals surface area contributed by atoms with Crippen LogP contribution < -0.4 is 5.73 Å². The topological polar surface area (TPSA) is 94.1 Å². The highest BCUT2D eigenvalue weighted by atomic mass is 16.2. The SMILES string of the molecule is Nc1c(C(=O)[C@H]2CCCN2C(=O)c2ccncc2)cnn1-c1ccccc1. The van der Waals surface area contributed by atoms with Gasteiger partial charge in [-0.1, -0.05) is 18.2 Å². The molecule has 4 rings (SSSR count). The predicted molar refractivity (Wildman–Crippen MR) is 101 cm³/mol. The van der Waals surface area contributed by atoms with Crippen LogP contribution in [0, 0.1) is 0 Å². The number of benzene rings is 1. The van der Waals surface area contributed by atoms with Crippen LogP contribution in [0.5, 0.6) is 0 Å². The fourth-order valence-electron chi connectivity index (χ4n) is 3.44. The van der Waals surface area contributed by atoms with E-state index in [0.29, 0.717) is 24.1 Å². The zero-order valence-electron chi connectivity index (χ0n) is 14.7. The maximum atomic E-state index is 13.1. The number of pyridine rings is 1. The summed E-state index contributed by atoms with van der Waals surface area (Å²) in [6, 6.07) is 12.2. The number of ketones is 1. The van der Waals surface area contributed by atoms with Crippen molar-refractivity contribution in [3.63, 3.8) is 0 Å². The van der Waals surface area contributed by atoms with Gasteiger partial charge in [0.1, 0.15) is 5.82 Å². The number of Topliss-reactive ketones (excluding diaryl/α,β-unsaturated/α-hetero) is 1. The molecule has 1 aliphatic heterocycles. The van der Waals surface area contributed by atoms with Crippen molar-refractivity contribution >= 4 is 17.5 Å². The zero-order valence-corrected chi connectivity index (χ0v) is 14.7. The van der Waals surface area contributed by atoms with Crippen LogP contribution in [-0.2, 0) is 0 Å². The number of anilines is 1. The molecule has 136 valence electrons. The first-order chi connectivity index (χ1) is 13.2. The van der Waals surface area contributed by atoms with Gasteiger partial charge < -0.3 is 10.6 Å². The summed E-state index contributed by atoms with van der Waals surface area (Å²) in [6.45, 7) is 0.546. The second-order valence-electron chi connectivity index (χ2n) is 6.45. The molecular weight excluding hydrogens is 342 g/mol. The molecule has 0 spiro atoms. The summed E-state index contributed by atoms with van der Waals surface area (Å²) in [4.78, 5) is 31.5. The lowest BCUT2D eigenvalue weighted by atomic mass is 10.0. The van der Waals surface area contributed by atoms with Gasteiger partial charge in [-0.05, 0) is 37.1 Å². The van der Waals surface area contributed by atoms with Crippen LogP contribution in [0.3, 0.4) is 0 Å². The van der Waals surface area contributed by atoms with Gasteiger partial charge in [-0.3, -0.25) is 14.6 Å². The average molecular weight is 361 g/mol. The van der Waals surface area contributed by atoms with E-state index in [2.05, 4.69) is 10.1 Å². The Morgan fingerprint density at radius 2 is 1.81 bits per heavy atom. The second kappa shape index (κ2) is 7.03. The summed E-state index contributed by atoms with van der Waals surface area (Å²) in [7, 11) is 0. The molecule has 1 atom stereocenters. The number of hydrogen-bond donors (Lipinski definition) is 1. The number of nitrogen functional groups attached to an aromatic ring is 1. The minimum Gasteiger partial charge on any atom is -0.383 e. The summed E-state index contributed by atoms with van der Waals surface area (Å²) in [5.41, 5.74) is 7.86. The number of carbonyl (C=O) groups is 2. The Morgan fingerprint density at radius 1 is 1.07 bits per heavy atom. The summed E-state index contributed by atoms with van der Waals surface area (Å²) in [5.74, 6) is -0.0498. The van der Waals surface area contributed by atoms with Crippen molar-refractivity contribution in [3.05, 3.63) is 72.2 Å². The van der Waals surface area contributed by atoms with Crippen LogP contribution in [0.2, 0.25) is 0 Å². The van der Waals surface area contributed by atoms with Gasteiger partial charge in [0.05, 0.1) is 23.5 Å². The molecule has 1 aliphatic rings. The Balaban J connectivity index is 1.61. The van der Waals surface area contributed by atoms with E-state index in [9.17, 15) is 9.59 Å². The van der Waals surface area contributed by atoms with Gasteiger partial charge in [0.15, 0.2) is 5.78 Å². The van der Waals surface area contributed by atoms with Gasteiger partial charge in [-0.15, -0.1) is 0 Å². The van der Waals surface area contributed by atoms with Crippen LogP contribution in [0.15, 0.2) is 61.1 Å². The van der Waals surface area contributed by atoms with Crippen molar-refractivity contribution in [1.82, 2.24) is 19.7 Å². The molecule has 1 fully saturated rings. The first-order valence-corrected chi connectivity index (χ1v) is 8.81. The normalized spacial score (nSPS) is 16.4. The molecule has 0 radical (unpaired) electrons. The molecule has 0 saturated carbocycles. The number of rotatable bonds is 4. The average Bonchev–Trinajstić information content (AvgIpc) is 3.35. The lowest BCUT2D eigenvalue weighted by molar-refractivity contribution is 0.0671. The van der Waals surface area contributed by atoms with E-state index >= 15 is 0 Å². The molecule has 7 heteroatoms.